The molecule has 1 atom stereocenters. The van der Waals surface area contributed by atoms with Crippen molar-refractivity contribution in [2.75, 3.05) is 13.2 Å². The molecule has 0 radical (unpaired) electrons. The molecule has 1 aliphatic heterocycles. The monoisotopic (exact) mass is 399 g/mol. The highest BCUT2D eigenvalue weighted by atomic mass is 32.2. The van der Waals surface area contributed by atoms with E-state index in [1.165, 1.54) is 17.0 Å². The average Bonchev–Trinajstić information content (AvgIpc) is 2.80. The second-order valence-corrected chi connectivity index (χ2v) is 9.76. The number of rotatable bonds is 5. The standard InChI is InChI=1S/C19H29NO6S/c1-14-7-9-16(10-8-14)27(22,23)25-12-11-15-13-24-19(5,6)20(15)17(21)26-18(2,3)4/h7-10,15H,11-13H2,1-6H3. The Morgan fingerprint density at radius 3 is 2.41 bits per heavy atom. The molecule has 2 rings (SSSR count). The zero-order valence-corrected chi connectivity index (χ0v) is 17.6. The van der Waals surface area contributed by atoms with Gasteiger partial charge in [-0.05, 0) is 60.1 Å². The summed E-state index contributed by atoms with van der Waals surface area (Å²) in [5.41, 5.74) is -0.499. The lowest BCUT2D eigenvalue weighted by molar-refractivity contribution is -0.0628. The third-order valence-corrected chi connectivity index (χ3v) is 5.49. The van der Waals surface area contributed by atoms with Crippen LogP contribution in [0.15, 0.2) is 29.2 Å². The van der Waals surface area contributed by atoms with Gasteiger partial charge in [-0.3, -0.25) is 9.08 Å². The summed E-state index contributed by atoms with van der Waals surface area (Å²) >= 11 is 0. The Balaban J connectivity index is 2.01. The predicted molar refractivity (Wildman–Crippen MR) is 101 cm³/mol. The van der Waals surface area contributed by atoms with Gasteiger partial charge in [-0.1, -0.05) is 17.7 Å². The second-order valence-electron chi connectivity index (χ2n) is 8.14. The van der Waals surface area contributed by atoms with Gasteiger partial charge in [0.1, 0.15) is 11.3 Å². The van der Waals surface area contributed by atoms with Crippen LogP contribution in [-0.2, 0) is 23.8 Å². The molecule has 0 aromatic heterocycles. The highest BCUT2D eigenvalue weighted by molar-refractivity contribution is 7.86. The van der Waals surface area contributed by atoms with Crippen molar-refractivity contribution in [1.29, 1.82) is 0 Å². The summed E-state index contributed by atoms with van der Waals surface area (Å²) in [6.45, 7) is 11.1. The molecule has 8 heteroatoms. The van der Waals surface area contributed by atoms with E-state index >= 15 is 0 Å². The van der Waals surface area contributed by atoms with Gasteiger partial charge in [0.2, 0.25) is 0 Å². The van der Waals surface area contributed by atoms with E-state index in [9.17, 15) is 13.2 Å². The smallest absolute Gasteiger partial charge is 0.412 e. The zero-order chi connectivity index (χ0) is 20.5. The first-order valence-electron chi connectivity index (χ1n) is 8.94. The first-order valence-corrected chi connectivity index (χ1v) is 10.3. The van der Waals surface area contributed by atoms with Gasteiger partial charge >= 0.3 is 6.09 Å². The molecule has 7 nitrogen and oxygen atoms in total. The Labute approximate surface area is 161 Å². The Kier molecular flexibility index (Phi) is 6.23. The molecule has 0 N–H and O–H groups in total. The number of benzene rings is 1. The van der Waals surface area contributed by atoms with Crippen molar-refractivity contribution < 1.29 is 26.9 Å². The third kappa shape index (κ3) is 5.67. The topological polar surface area (TPSA) is 82.1 Å². The van der Waals surface area contributed by atoms with E-state index in [-0.39, 0.29) is 17.5 Å². The molecule has 0 saturated carbocycles. The van der Waals surface area contributed by atoms with Crippen LogP contribution in [0.2, 0.25) is 0 Å². The maximum absolute atomic E-state index is 12.6. The molecule has 1 aromatic carbocycles. The van der Waals surface area contributed by atoms with Crippen molar-refractivity contribution in [2.45, 2.75) is 70.2 Å². The van der Waals surface area contributed by atoms with E-state index in [0.717, 1.165) is 5.56 Å². The van der Waals surface area contributed by atoms with Crippen LogP contribution in [-0.4, -0.2) is 50.0 Å². The number of hydrogen-bond donors (Lipinski definition) is 0. The van der Waals surface area contributed by atoms with Crippen LogP contribution in [0, 0.1) is 6.92 Å². The Bertz CT molecular complexity index is 764. The van der Waals surface area contributed by atoms with Gasteiger partial charge < -0.3 is 9.47 Å². The number of hydrogen-bond acceptors (Lipinski definition) is 6. The number of aryl methyl sites for hydroxylation is 1. The Hall–Kier alpha value is -1.64. The fourth-order valence-electron chi connectivity index (χ4n) is 2.84. The fourth-order valence-corrected chi connectivity index (χ4v) is 3.76. The number of nitrogens with zero attached hydrogens (tertiary/aromatic N) is 1. The molecule has 1 amide bonds. The van der Waals surface area contributed by atoms with Crippen LogP contribution >= 0.6 is 0 Å². The Morgan fingerprint density at radius 1 is 1.26 bits per heavy atom. The molecule has 152 valence electrons. The Morgan fingerprint density at radius 2 is 1.85 bits per heavy atom. The second kappa shape index (κ2) is 7.77. The lowest BCUT2D eigenvalue weighted by Crippen LogP contribution is -2.50. The molecular weight excluding hydrogens is 370 g/mol. The van der Waals surface area contributed by atoms with Crippen LogP contribution in [0.5, 0.6) is 0 Å². The number of amides is 1. The van der Waals surface area contributed by atoms with Gasteiger partial charge in [0, 0.05) is 0 Å². The molecular formula is C19H29NO6S. The summed E-state index contributed by atoms with van der Waals surface area (Å²) in [5, 5.41) is 0. The van der Waals surface area contributed by atoms with E-state index in [1.807, 2.05) is 6.92 Å². The number of ether oxygens (including phenoxy) is 2. The molecule has 1 saturated heterocycles. The molecule has 0 bridgehead atoms. The van der Waals surface area contributed by atoms with E-state index in [1.54, 1.807) is 46.8 Å². The minimum absolute atomic E-state index is 0.0559. The van der Waals surface area contributed by atoms with Crippen LogP contribution < -0.4 is 0 Å². The van der Waals surface area contributed by atoms with Gasteiger partial charge in [0.05, 0.1) is 24.2 Å². The van der Waals surface area contributed by atoms with Crippen LogP contribution in [0.3, 0.4) is 0 Å². The van der Waals surface area contributed by atoms with Crippen LogP contribution in [0.4, 0.5) is 4.79 Å². The van der Waals surface area contributed by atoms with Crippen LogP contribution in [0.1, 0.15) is 46.6 Å². The van der Waals surface area contributed by atoms with Gasteiger partial charge in [0.15, 0.2) is 0 Å². The molecule has 1 unspecified atom stereocenters. The first-order chi connectivity index (χ1) is 12.3. The van der Waals surface area contributed by atoms with E-state index in [2.05, 4.69) is 0 Å². The molecule has 27 heavy (non-hydrogen) atoms. The highest BCUT2D eigenvalue weighted by Gasteiger charge is 2.45. The van der Waals surface area contributed by atoms with E-state index in [4.69, 9.17) is 13.7 Å². The first kappa shape index (κ1) is 21.7. The summed E-state index contributed by atoms with van der Waals surface area (Å²) in [6.07, 6.45) is -0.176. The maximum atomic E-state index is 12.6. The van der Waals surface area contributed by atoms with Gasteiger partial charge in [0.25, 0.3) is 10.1 Å². The average molecular weight is 400 g/mol. The summed E-state index contributed by atoms with van der Waals surface area (Å²) in [4.78, 5) is 14.2. The number of carbonyl (C=O) groups is 1. The highest BCUT2D eigenvalue weighted by Crippen LogP contribution is 2.31. The largest absolute Gasteiger partial charge is 0.444 e. The van der Waals surface area contributed by atoms with Crippen molar-refractivity contribution in [3.63, 3.8) is 0 Å². The third-order valence-electron chi connectivity index (χ3n) is 4.16. The summed E-state index contributed by atoms with van der Waals surface area (Å²) < 4.78 is 40.9. The quantitative estimate of drug-likeness (QED) is 0.705. The number of carbonyl (C=O) groups excluding carboxylic acids is 1. The van der Waals surface area contributed by atoms with Crippen molar-refractivity contribution in [2.24, 2.45) is 0 Å². The molecule has 0 aliphatic carbocycles. The van der Waals surface area contributed by atoms with Crippen LogP contribution in [0.25, 0.3) is 0 Å². The predicted octanol–water partition coefficient (Wildman–Crippen LogP) is 3.46. The van der Waals surface area contributed by atoms with Crippen molar-refractivity contribution in [3.05, 3.63) is 29.8 Å². The van der Waals surface area contributed by atoms with Crippen molar-refractivity contribution >= 4 is 16.2 Å². The fraction of sp³-hybridized carbons (Fsp3) is 0.632. The van der Waals surface area contributed by atoms with E-state index in [0.29, 0.717) is 13.0 Å². The normalized spacial score (nSPS) is 19.9. The maximum Gasteiger partial charge on any atom is 0.412 e. The lowest BCUT2D eigenvalue weighted by Gasteiger charge is -2.35. The van der Waals surface area contributed by atoms with Gasteiger partial charge in [-0.2, -0.15) is 8.42 Å². The molecule has 0 spiro atoms. The molecule has 1 fully saturated rings. The lowest BCUT2D eigenvalue weighted by atomic mass is 10.1. The van der Waals surface area contributed by atoms with Crippen molar-refractivity contribution in [3.8, 4) is 0 Å². The molecule has 1 aromatic rings. The van der Waals surface area contributed by atoms with Crippen molar-refractivity contribution in [1.82, 2.24) is 4.90 Å². The summed E-state index contributed by atoms with van der Waals surface area (Å²) in [7, 11) is -3.84. The van der Waals surface area contributed by atoms with Gasteiger partial charge in [-0.15, -0.1) is 0 Å². The van der Waals surface area contributed by atoms with E-state index < -0.39 is 27.5 Å². The minimum Gasteiger partial charge on any atom is -0.444 e. The molecule has 1 aliphatic rings. The summed E-state index contributed by atoms with van der Waals surface area (Å²) in [6, 6.07) is 6.13. The zero-order valence-electron chi connectivity index (χ0n) is 16.8. The van der Waals surface area contributed by atoms with Gasteiger partial charge in [-0.25, -0.2) is 4.79 Å². The molecule has 1 heterocycles. The SMILES string of the molecule is Cc1ccc(S(=O)(=O)OCCC2COC(C)(C)N2C(=O)OC(C)(C)C)cc1. The minimum atomic E-state index is -3.84. The summed E-state index contributed by atoms with van der Waals surface area (Å²) in [5.74, 6) is 0.